The van der Waals surface area contributed by atoms with Crippen LogP contribution < -0.4 is 5.32 Å². The Hall–Kier alpha value is -1.14. The molecule has 0 atom stereocenters. The van der Waals surface area contributed by atoms with E-state index < -0.39 is 17.2 Å². The van der Waals surface area contributed by atoms with Crippen LogP contribution in [0.4, 0.5) is 8.78 Å². The first kappa shape index (κ1) is 16.2. The summed E-state index contributed by atoms with van der Waals surface area (Å²) in [4.78, 5) is 11.8. The minimum absolute atomic E-state index is 0.0746. The molecule has 2 N–H and O–H groups in total. The Morgan fingerprint density at radius 2 is 2.05 bits per heavy atom. The first-order valence-corrected chi connectivity index (χ1v) is 8.15. The summed E-state index contributed by atoms with van der Waals surface area (Å²) in [5.74, 6) is -0.276. The fourth-order valence-corrected chi connectivity index (χ4v) is 3.52. The number of carbonyl (C=O) groups is 1. The second-order valence-electron chi connectivity index (χ2n) is 5.33. The molecule has 1 aromatic rings. The fraction of sp³-hybridized carbons (Fsp3) is 0.533. The average Bonchev–Trinajstić information content (AvgIpc) is 2.47. The number of amides is 1. The van der Waals surface area contributed by atoms with Crippen LogP contribution in [-0.4, -0.2) is 34.7 Å². The Bertz CT molecular complexity index is 504. The van der Waals surface area contributed by atoms with Gasteiger partial charge in [-0.1, -0.05) is 12.1 Å². The number of rotatable bonds is 5. The summed E-state index contributed by atoms with van der Waals surface area (Å²) in [7, 11) is 0. The van der Waals surface area contributed by atoms with Gasteiger partial charge in [0.1, 0.15) is 0 Å². The zero-order chi connectivity index (χ0) is 15.3. The molecule has 1 aromatic carbocycles. The van der Waals surface area contributed by atoms with E-state index in [4.69, 9.17) is 0 Å². The Kier molecular flexibility index (Phi) is 5.58. The quantitative estimate of drug-likeness (QED) is 0.876. The molecule has 2 rings (SSSR count). The molecule has 0 unspecified atom stereocenters. The molecule has 0 radical (unpaired) electrons. The van der Waals surface area contributed by atoms with Gasteiger partial charge in [0.15, 0.2) is 11.6 Å². The molecule has 1 aliphatic heterocycles. The van der Waals surface area contributed by atoms with E-state index in [0.717, 1.165) is 17.6 Å². The lowest BCUT2D eigenvalue weighted by atomic mass is 9.97. The molecule has 0 aliphatic carbocycles. The van der Waals surface area contributed by atoms with Crippen LogP contribution >= 0.6 is 11.8 Å². The minimum Gasteiger partial charge on any atom is -0.388 e. The van der Waals surface area contributed by atoms with Crippen LogP contribution in [0.3, 0.4) is 0 Å². The Morgan fingerprint density at radius 1 is 1.33 bits per heavy atom. The van der Waals surface area contributed by atoms with E-state index in [0.29, 0.717) is 12.8 Å². The fourth-order valence-electron chi connectivity index (χ4n) is 2.27. The number of hydrogen-bond acceptors (Lipinski definition) is 3. The van der Waals surface area contributed by atoms with Crippen molar-refractivity contribution in [2.75, 3.05) is 18.1 Å². The van der Waals surface area contributed by atoms with Crippen molar-refractivity contribution in [1.82, 2.24) is 5.32 Å². The Morgan fingerprint density at radius 3 is 2.76 bits per heavy atom. The van der Waals surface area contributed by atoms with Gasteiger partial charge in [-0.2, -0.15) is 11.8 Å². The molecule has 1 aliphatic rings. The van der Waals surface area contributed by atoms with E-state index in [2.05, 4.69) is 5.32 Å². The summed E-state index contributed by atoms with van der Waals surface area (Å²) >= 11 is 1.79. The molecule has 0 spiro atoms. The van der Waals surface area contributed by atoms with Crippen molar-refractivity contribution in [3.05, 3.63) is 35.4 Å². The number of carbonyl (C=O) groups excluding carboxylic acids is 1. The number of halogens is 2. The topological polar surface area (TPSA) is 49.3 Å². The lowest BCUT2D eigenvalue weighted by molar-refractivity contribution is -0.122. The number of thioether (sulfide) groups is 1. The second kappa shape index (κ2) is 7.22. The zero-order valence-corrected chi connectivity index (χ0v) is 12.5. The molecular formula is C15H19F2NO2S. The normalized spacial score (nSPS) is 17.5. The van der Waals surface area contributed by atoms with Gasteiger partial charge in [0.2, 0.25) is 5.91 Å². The Labute approximate surface area is 127 Å². The highest BCUT2D eigenvalue weighted by Gasteiger charge is 2.29. The van der Waals surface area contributed by atoms with Crippen LogP contribution in [0.25, 0.3) is 0 Å². The SMILES string of the molecule is O=C(CCc1cccc(F)c1F)NCC1(O)CCSCC1. The molecule has 1 fully saturated rings. The molecule has 116 valence electrons. The monoisotopic (exact) mass is 315 g/mol. The van der Waals surface area contributed by atoms with Crippen molar-refractivity contribution in [2.45, 2.75) is 31.3 Å². The molecule has 1 amide bonds. The second-order valence-corrected chi connectivity index (χ2v) is 6.55. The molecule has 0 aromatic heterocycles. The molecule has 3 nitrogen and oxygen atoms in total. The number of nitrogens with one attached hydrogen (secondary N) is 1. The standard InChI is InChI=1S/C15H19F2NO2S/c16-12-3-1-2-11(14(12)17)4-5-13(19)18-10-15(20)6-8-21-9-7-15/h1-3,20H,4-10H2,(H,18,19). The van der Waals surface area contributed by atoms with Crippen molar-refractivity contribution in [2.24, 2.45) is 0 Å². The van der Waals surface area contributed by atoms with Gasteiger partial charge < -0.3 is 10.4 Å². The summed E-state index contributed by atoms with van der Waals surface area (Å²) in [6, 6.07) is 3.95. The maximum Gasteiger partial charge on any atom is 0.220 e. The van der Waals surface area contributed by atoms with Gasteiger partial charge in [-0.3, -0.25) is 4.79 Å². The summed E-state index contributed by atoms with van der Waals surface area (Å²) in [5.41, 5.74) is -0.636. The lowest BCUT2D eigenvalue weighted by Gasteiger charge is -2.31. The molecular weight excluding hydrogens is 296 g/mol. The van der Waals surface area contributed by atoms with E-state index in [1.165, 1.54) is 12.1 Å². The summed E-state index contributed by atoms with van der Waals surface area (Å²) in [5, 5.41) is 12.9. The molecule has 0 saturated carbocycles. The first-order valence-electron chi connectivity index (χ1n) is 7.00. The van der Waals surface area contributed by atoms with Gasteiger partial charge >= 0.3 is 0 Å². The maximum absolute atomic E-state index is 13.4. The highest BCUT2D eigenvalue weighted by atomic mass is 32.2. The first-order chi connectivity index (χ1) is 10.0. The van der Waals surface area contributed by atoms with Crippen LogP contribution in [0.2, 0.25) is 0 Å². The third-order valence-electron chi connectivity index (χ3n) is 3.69. The maximum atomic E-state index is 13.4. The zero-order valence-electron chi connectivity index (χ0n) is 11.7. The third kappa shape index (κ3) is 4.68. The van der Waals surface area contributed by atoms with Gasteiger partial charge in [-0.15, -0.1) is 0 Å². The number of hydrogen-bond donors (Lipinski definition) is 2. The average molecular weight is 315 g/mol. The lowest BCUT2D eigenvalue weighted by Crippen LogP contribution is -2.45. The number of aliphatic hydroxyl groups is 1. The van der Waals surface area contributed by atoms with Gasteiger partial charge in [-0.05, 0) is 42.4 Å². The van der Waals surface area contributed by atoms with E-state index in [1.807, 2.05) is 0 Å². The van der Waals surface area contributed by atoms with Gasteiger partial charge in [-0.25, -0.2) is 8.78 Å². The molecule has 21 heavy (non-hydrogen) atoms. The van der Waals surface area contributed by atoms with Crippen LogP contribution in [0.5, 0.6) is 0 Å². The van der Waals surface area contributed by atoms with Gasteiger partial charge in [0.05, 0.1) is 5.60 Å². The van der Waals surface area contributed by atoms with Gasteiger partial charge in [0, 0.05) is 13.0 Å². The van der Waals surface area contributed by atoms with Crippen molar-refractivity contribution < 1.29 is 18.7 Å². The van der Waals surface area contributed by atoms with Crippen LogP contribution in [-0.2, 0) is 11.2 Å². The van der Waals surface area contributed by atoms with Crippen molar-refractivity contribution in [3.8, 4) is 0 Å². The van der Waals surface area contributed by atoms with Crippen molar-refractivity contribution in [1.29, 1.82) is 0 Å². The molecule has 6 heteroatoms. The number of aryl methyl sites for hydroxylation is 1. The van der Waals surface area contributed by atoms with Crippen molar-refractivity contribution >= 4 is 17.7 Å². The predicted molar refractivity (Wildman–Crippen MR) is 79.2 cm³/mol. The predicted octanol–water partition coefficient (Wildman–Crippen LogP) is 2.27. The van der Waals surface area contributed by atoms with E-state index in [9.17, 15) is 18.7 Å². The summed E-state index contributed by atoms with van der Waals surface area (Å²) < 4.78 is 26.5. The largest absolute Gasteiger partial charge is 0.388 e. The molecule has 0 bridgehead atoms. The van der Waals surface area contributed by atoms with Gasteiger partial charge in [0.25, 0.3) is 0 Å². The van der Waals surface area contributed by atoms with Crippen LogP contribution in [0.1, 0.15) is 24.8 Å². The molecule has 1 saturated heterocycles. The van der Waals surface area contributed by atoms with Crippen LogP contribution in [0, 0.1) is 11.6 Å². The highest BCUT2D eigenvalue weighted by Crippen LogP contribution is 2.26. The minimum atomic E-state index is -0.901. The smallest absolute Gasteiger partial charge is 0.220 e. The van der Waals surface area contributed by atoms with E-state index >= 15 is 0 Å². The summed E-state index contributed by atoms with van der Waals surface area (Å²) in [6.07, 6.45) is 1.54. The number of benzene rings is 1. The van der Waals surface area contributed by atoms with E-state index in [-0.39, 0.29) is 30.9 Å². The highest BCUT2D eigenvalue weighted by molar-refractivity contribution is 7.99. The Balaban J connectivity index is 1.78. The van der Waals surface area contributed by atoms with E-state index in [1.54, 1.807) is 11.8 Å². The van der Waals surface area contributed by atoms with Crippen molar-refractivity contribution in [3.63, 3.8) is 0 Å². The summed E-state index contributed by atoms with van der Waals surface area (Å²) in [6.45, 7) is 0.220. The molecule has 1 heterocycles. The van der Waals surface area contributed by atoms with Crippen LogP contribution in [0.15, 0.2) is 18.2 Å². The third-order valence-corrected chi connectivity index (χ3v) is 4.68.